The molecule has 0 saturated heterocycles. The lowest BCUT2D eigenvalue weighted by Crippen LogP contribution is -2.36. The summed E-state index contributed by atoms with van der Waals surface area (Å²) in [6, 6.07) is 3.03. The lowest BCUT2D eigenvalue weighted by atomic mass is 10.1. The zero-order chi connectivity index (χ0) is 12.1. The number of carbonyl (C=O) groups excluding carboxylic acids is 1. The monoisotopic (exact) mass is 263 g/mol. The van der Waals surface area contributed by atoms with Gasteiger partial charge in [-0.25, -0.2) is 0 Å². The van der Waals surface area contributed by atoms with Crippen LogP contribution < -0.4 is 5.32 Å². The smallest absolute Gasteiger partial charge is 0.287 e. The summed E-state index contributed by atoms with van der Waals surface area (Å²) < 4.78 is 5.01. The highest BCUT2D eigenvalue weighted by atomic mass is 35.5. The number of alkyl halides is 1. The molecule has 1 atom stereocenters. The molecule has 1 N–H and O–H groups in total. The molecule has 90 valence electrons. The van der Waals surface area contributed by atoms with E-state index in [1.165, 1.54) is 6.07 Å². The van der Waals surface area contributed by atoms with Crippen LogP contribution in [0.5, 0.6) is 0 Å². The number of rotatable bonds is 5. The third kappa shape index (κ3) is 4.06. The van der Waals surface area contributed by atoms with Crippen molar-refractivity contribution in [2.75, 3.05) is 5.88 Å². The Bertz CT molecular complexity index is 350. The Kier molecular flexibility index (Phi) is 5.16. The highest BCUT2D eigenvalue weighted by molar-refractivity contribution is 6.29. The van der Waals surface area contributed by atoms with Gasteiger partial charge in [0.25, 0.3) is 5.91 Å². The molecule has 16 heavy (non-hydrogen) atoms. The Balaban J connectivity index is 2.55. The Labute approximate surface area is 105 Å². The Morgan fingerprint density at radius 3 is 2.62 bits per heavy atom. The van der Waals surface area contributed by atoms with Crippen molar-refractivity contribution in [3.63, 3.8) is 0 Å². The average Bonchev–Trinajstić information content (AvgIpc) is 2.63. The van der Waals surface area contributed by atoms with Crippen molar-refractivity contribution in [1.29, 1.82) is 0 Å². The molecular formula is C11H15Cl2NO2. The summed E-state index contributed by atoms with van der Waals surface area (Å²) >= 11 is 11.4. The van der Waals surface area contributed by atoms with Gasteiger partial charge in [-0.15, -0.1) is 11.6 Å². The third-order valence-electron chi connectivity index (χ3n) is 2.07. The van der Waals surface area contributed by atoms with Crippen LogP contribution in [0.15, 0.2) is 16.5 Å². The van der Waals surface area contributed by atoms with Gasteiger partial charge in [0.1, 0.15) is 0 Å². The maximum absolute atomic E-state index is 11.7. The van der Waals surface area contributed by atoms with Gasteiger partial charge in [0.05, 0.1) is 0 Å². The van der Waals surface area contributed by atoms with Crippen LogP contribution in [-0.4, -0.2) is 17.8 Å². The topological polar surface area (TPSA) is 42.2 Å². The van der Waals surface area contributed by atoms with Gasteiger partial charge in [-0.3, -0.25) is 4.79 Å². The van der Waals surface area contributed by atoms with Crippen molar-refractivity contribution < 1.29 is 9.21 Å². The standard InChI is InChI=1S/C11H15Cl2NO2/c1-7(2)5-8(6-12)14-11(15)9-3-4-10(13)16-9/h3-4,7-8H,5-6H2,1-2H3,(H,14,15). The summed E-state index contributed by atoms with van der Waals surface area (Å²) in [7, 11) is 0. The largest absolute Gasteiger partial charge is 0.440 e. The fourth-order valence-electron chi connectivity index (χ4n) is 1.42. The van der Waals surface area contributed by atoms with Gasteiger partial charge in [-0.1, -0.05) is 13.8 Å². The molecular weight excluding hydrogens is 249 g/mol. The molecule has 0 spiro atoms. The lowest BCUT2D eigenvalue weighted by Gasteiger charge is -2.17. The number of halogens is 2. The number of nitrogens with one attached hydrogen (secondary N) is 1. The maximum Gasteiger partial charge on any atom is 0.287 e. The number of hydrogen-bond donors (Lipinski definition) is 1. The first-order valence-corrected chi connectivity index (χ1v) is 6.06. The van der Waals surface area contributed by atoms with Crippen LogP contribution in [0.3, 0.4) is 0 Å². The molecule has 0 radical (unpaired) electrons. The average molecular weight is 264 g/mol. The molecule has 0 aliphatic rings. The number of hydrogen-bond acceptors (Lipinski definition) is 2. The van der Waals surface area contributed by atoms with Gasteiger partial charge in [-0.2, -0.15) is 0 Å². The van der Waals surface area contributed by atoms with E-state index in [0.717, 1.165) is 6.42 Å². The van der Waals surface area contributed by atoms with E-state index in [1.807, 2.05) is 0 Å². The fourth-order valence-corrected chi connectivity index (χ4v) is 1.77. The molecule has 0 fully saturated rings. The summed E-state index contributed by atoms with van der Waals surface area (Å²) in [5, 5.41) is 3.01. The van der Waals surface area contributed by atoms with Crippen molar-refractivity contribution in [1.82, 2.24) is 5.32 Å². The maximum atomic E-state index is 11.7. The number of furan rings is 1. The minimum Gasteiger partial charge on any atom is -0.440 e. The quantitative estimate of drug-likeness (QED) is 0.829. The Morgan fingerprint density at radius 1 is 1.50 bits per heavy atom. The van der Waals surface area contributed by atoms with Crippen LogP contribution >= 0.6 is 23.2 Å². The summed E-state index contributed by atoms with van der Waals surface area (Å²) in [5.41, 5.74) is 0. The SMILES string of the molecule is CC(C)CC(CCl)NC(=O)c1ccc(Cl)o1. The van der Waals surface area contributed by atoms with E-state index >= 15 is 0 Å². The molecule has 1 amide bonds. The minimum atomic E-state index is -0.279. The van der Waals surface area contributed by atoms with Crippen LogP contribution in [0, 0.1) is 5.92 Å². The molecule has 0 aromatic carbocycles. The van der Waals surface area contributed by atoms with E-state index in [-0.39, 0.29) is 22.9 Å². The van der Waals surface area contributed by atoms with Crippen LogP contribution in [0.1, 0.15) is 30.8 Å². The summed E-state index contributed by atoms with van der Waals surface area (Å²) in [6.07, 6.45) is 0.837. The number of amides is 1. The Morgan fingerprint density at radius 2 is 2.19 bits per heavy atom. The molecule has 1 aromatic rings. The molecule has 0 bridgehead atoms. The van der Waals surface area contributed by atoms with E-state index in [1.54, 1.807) is 6.07 Å². The van der Waals surface area contributed by atoms with E-state index in [4.69, 9.17) is 27.6 Å². The molecule has 1 heterocycles. The second kappa shape index (κ2) is 6.16. The van der Waals surface area contributed by atoms with Crippen LogP contribution in [0.25, 0.3) is 0 Å². The second-order valence-corrected chi connectivity index (χ2v) is 4.74. The molecule has 0 aliphatic heterocycles. The van der Waals surface area contributed by atoms with Gasteiger partial charge < -0.3 is 9.73 Å². The molecule has 1 unspecified atom stereocenters. The highest BCUT2D eigenvalue weighted by Crippen LogP contribution is 2.14. The zero-order valence-electron chi connectivity index (χ0n) is 9.30. The Hall–Kier alpha value is -0.670. The molecule has 5 heteroatoms. The van der Waals surface area contributed by atoms with E-state index < -0.39 is 0 Å². The molecule has 0 saturated carbocycles. The van der Waals surface area contributed by atoms with Crippen LogP contribution in [0.4, 0.5) is 0 Å². The predicted octanol–water partition coefficient (Wildman–Crippen LogP) is 3.32. The lowest BCUT2D eigenvalue weighted by molar-refractivity contribution is 0.0908. The summed E-state index contributed by atoms with van der Waals surface area (Å²) in [5.74, 6) is 0.796. The van der Waals surface area contributed by atoms with Gasteiger partial charge >= 0.3 is 0 Å². The highest BCUT2D eigenvalue weighted by Gasteiger charge is 2.16. The first-order valence-electron chi connectivity index (χ1n) is 5.15. The van der Waals surface area contributed by atoms with Gasteiger partial charge in [0.15, 0.2) is 11.0 Å². The van der Waals surface area contributed by atoms with E-state index in [9.17, 15) is 4.79 Å². The van der Waals surface area contributed by atoms with Gasteiger partial charge in [0, 0.05) is 11.9 Å². The van der Waals surface area contributed by atoms with Crippen LogP contribution in [0.2, 0.25) is 5.22 Å². The molecule has 0 aliphatic carbocycles. The van der Waals surface area contributed by atoms with Crippen molar-refractivity contribution in [2.45, 2.75) is 26.3 Å². The predicted molar refractivity (Wildman–Crippen MR) is 65.1 cm³/mol. The summed E-state index contributed by atoms with van der Waals surface area (Å²) in [6.45, 7) is 4.16. The van der Waals surface area contributed by atoms with E-state index in [0.29, 0.717) is 11.8 Å². The molecule has 1 rings (SSSR count). The fraction of sp³-hybridized carbons (Fsp3) is 0.545. The van der Waals surface area contributed by atoms with Gasteiger partial charge in [0.2, 0.25) is 0 Å². The first-order chi connectivity index (χ1) is 7.52. The second-order valence-electron chi connectivity index (χ2n) is 4.06. The first kappa shape index (κ1) is 13.4. The summed E-state index contributed by atoms with van der Waals surface area (Å²) in [4.78, 5) is 11.7. The molecule has 3 nitrogen and oxygen atoms in total. The van der Waals surface area contributed by atoms with Crippen LogP contribution in [-0.2, 0) is 0 Å². The van der Waals surface area contributed by atoms with Gasteiger partial charge in [-0.05, 0) is 36.1 Å². The molecule has 1 aromatic heterocycles. The van der Waals surface area contributed by atoms with Crippen molar-refractivity contribution >= 4 is 29.1 Å². The normalized spacial score (nSPS) is 12.8. The minimum absolute atomic E-state index is 0.0435. The van der Waals surface area contributed by atoms with E-state index in [2.05, 4.69) is 19.2 Å². The van der Waals surface area contributed by atoms with Crippen molar-refractivity contribution in [3.05, 3.63) is 23.1 Å². The third-order valence-corrected chi connectivity index (χ3v) is 2.65. The van der Waals surface area contributed by atoms with Crippen molar-refractivity contribution in [2.24, 2.45) is 5.92 Å². The zero-order valence-corrected chi connectivity index (χ0v) is 10.8. The van der Waals surface area contributed by atoms with Crippen molar-refractivity contribution in [3.8, 4) is 0 Å². The number of carbonyl (C=O) groups is 1.